The van der Waals surface area contributed by atoms with E-state index in [0.29, 0.717) is 17.6 Å². The Bertz CT molecular complexity index is 467. The lowest BCUT2D eigenvalue weighted by molar-refractivity contribution is 0.310. The molecule has 0 spiro atoms. The molecule has 130 valence electrons. The van der Waals surface area contributed by atoms with Crippen LogP contribution in [-0.4, -0.2) is 43.7 Å². The van der Waals surface area contributed by atoms with Gasteiger partial charge < -0.3 is 15.4 Å². The molecule has 1 atom stereocenters. The molecule has 0 radical (unpaired) electrons. The highest BCUT2D eigenvalue weighted by atomic mass is 127. The van der Waals surface area contributed by atoms with Gasteiger partial charge in [-0.1, -0.05) is 0 Å². The molecule has 23 heavy (non-hydrogen) atoms. The first-order chi connectivity index (χ1) is 10.8. The molecule has 1 fully saturated rings. The van der Waals surface area contributed by atoms with Crippen LogP contribution in [0.5, 0.6) is 5.75 Å². The van der Waals surface area contributed by atoms with Crippen molar-refractivity contribution in [2.75, 3.05) is 32.5 Å². The Kier molecular flexibility index (Phi) is 10.4. The quantitative estimate of drug-likeness (QED) is 0.288. The van der Waals surface area contributed by atoms with Crippen LogP contribution in [0.3, 0.4) is 0 Å². The molecule has 0 bridgehead atoms. The molecule has 1 heterocycles. The molecule has 2 N–H and O–H groups in total. The van der Waals surface area contributed by atoms with E-state index >= 15 is 0 Å². The second kappa shape index (κ2) is 11.8. The summed E-state index contributed by atoms with van der Waals surface area (Å²) >= 11 is 2.03. The van der Waals surface area contributed by atoms with E-state index in [1.807, 2.05) is 11.8 Å². The molecule has 1 unspecified atom stereocenters. The third kappa shape index (κ3) is 8.10. The Morgan fingerprint density at radius 3 is 2.78 bits per heavy atom. The van der Waals surface area contributed by atoms with Crippen LogP contribution in [0.4, 0.5) is 4.39 Å². The first-order valence-corrected chi connectivity index (χ1v) is 8.77. The van der Waals surface area contributed by atoms with Crippen molar-refractivity contribution < 1.29 is 9.13 Å². The molecule has 1 saturated heterocycles. The summed E-state index contributed by atoms with van der Waals surface area (Å²) in [5, 5.41) is 7.35. The second-order valence-electron chi connectivity index (χ2n) is 5.17. The lowest BCUT2D eigenvalue weighted by Gasteiger charge is -2.14. The SMILES string of the molecule is CN=C(NCCCOc1ccc(F)cc1)NCC1CCCS1.I. The lowest BCUT2D eigenvalue weighted by Crippen LogP contribution is -2.40. The molecule has 2 rings (SSSR count). The van der Waals surface area contributed by atoms with Gasteiger partial charge >= 0.3 is 0 Å². The van der Waals surface area contributed by atoms with Crippen molar-refractivity contribution in [1.82, 2.24) is 10.6 Å². The van der Waals surface area contributed by atoms with Gasteiger partial charge in [0.1, 0.15) is 11.6 Å². The van der Waals surface area contributed by atoms with Gasteiger partial charge in [0.15, 0.2) is 5.96 Å². The fraction of sp³-hybridized carbons (Fsp3) is 0.562. The van der Waals surface area contributed by atoms with Crippen LogP contribution in [-0.2, 0) is 0 Å². The highest BCUT2D eigenvalue weighted by Crippen LogP contribution is 2.25. The second-order valence-corrected chi connectivity index (χ2v) is 6.58. The van der Waals surface area contributed by atoms with Crippen molar-refractivity contribution >= 4 is 41.7 Å². The maximum absolute atomic E-state index is 12.8. The van der Waals surface area contributed by atoms with Crippen molar-refractivity contribution in [1.29, 1.82) is 0 Å². The minimum atomic E-state index is -0.246. The number of nitrogens with one attached hydrogen (secondary N) is 2. The first-order valence-electron chi connectivity index (χ1n) is 7.72. The predicted molar refractivity (Wildman–Crippen MR) is 107 cm³/mol. The zero-order chi connectivity index (χ0) is 15.6. The molecule has 0 aliphatic carbocycles. The van der Waals surface area contributed by atoms with Crippen LogP contribution in [0.2, 0.25) is 0 Å². The van der Waals surface area contributed by atoms with Crippen molar-refractivity contribution in [2.45, 2.75) is 24.5 Å². The summed E-state index contributed by atoms with van der Waals surface area (Å²) in [4.78, 5) is 4.22. The minimum absolute atomic E-state index is 0. The van der Waals surface area contributed by atoms with Gasteiger partial charge in [-0.05, 0) is 49.3 Å². The molecule has 0 saturated carbocycles. The maximum Gasteiger partial charge on any atom is 0.191 e. The third-order valence-electron chi connectivity index (χ3n) is 3.44. The number of nitrogens with zero attached hydrogens (tertiary/aromatic N) is 1. The van der Waals surface area contributed by atoms with Crippen molar-refractivity contribution in [3.05, 3.63) is 30.1 Å². The molecule has 7 heteroatoms. The summed E-state index contributed by atoms with van der Waals surface area (Å²) in [6, 6.07) is 6.09. The van der Waals surface area contributed by atoms with E-state index in [2.05, 4.69) is 15.6 Å². The van der Waals surface area contributed by atoms with Gasteiger partial charge in [-0.3, -0.25) is 4.99 Å². The smallest absolute Gasteiger partial charge is 0.191 e. The van der Waals surface area contributed by atoms with Crippen LogP contribution in [0.1, 0.15) is 19.3 Å². The van der Waals surface area contributed by atoms with Gasteiger partial charge in [-0.15, -0.1) is 24.0 Å². The fourth-order valence-corrected chi connectivity index (χ4v) is 3.44. The molecule has 1 aliphatic rings. The normalized spacial score (nSPS) is 17.5. The summed E-state index contributed by atoms with van der Waals surface area (Å²) in [6.45, 7) is 2.35. The van der Waals surface area contributed by atoms with Gasteiger partial charge in [0.25, 0.3) is 0 Å². The standard InChI is InChI=1S/C16H24FN3OS.HI/c1-18-16(20-12-15-4-2-11-22-15)19-9-3-10-21-14-7-5-13(17)6-8-14;/h5-8,15H,2-4,9-12H2,1H3,(H2,18,19,20);1H. The van der Waals surface area contributed by atoms with E-state index in [-0.39, 0.29) is 29.8 Å². The van der Waals surface area contributed by atoms with E-state index < -0.39 is 0 Å². The van der Waals surface area contributed by atoms with E-state index in [9.17, 15) is 4.39 Å². The number of benzene rings is 1. The number of hydrogen-bond acceptors (Lipinski definition) is 3. The average Bonchev–Trinajstić information content (AvgIpc) is 3.05. The molecular weight excluding hydrogens is 428 g/mol. The molecule has 1 aromatic carbocycles. The van der Waals surface area contributed by atoms with E-state index in [1.165, 1.54) is 30.7 Å². The van der Waals surface area contributed by atoms with Crippen molar-refractivity contribution in [3.8, 4) is 5.75 Å². The Morgan fingerprint density at radius 2 is 2.13 bits per heavy atom. The first kappa shape index (κ1) is 20.3. The molecule has 1 aliphatic heterocycles. The molecular formula is C16H25FIN3OS. The van der Waals surface area contributed by atoms with E-state index in [0.717, 1.165) is 25.5 Å². The molecule has 1 aromatic rings. The van der Waals surface area contributed by atoms with Crippen molar-refractivity contribution in [3.63, 3.8) is 0 Å². The summed E-state index contributed by atoms with van der Waals surface area (Å²) in [6.07, 6.45) is 3.47. The highest BCUT2D eigenvalue weighted by molar-refractivity contribution is 14.0. The minimum Gasteiger partial charge on any atom is -0.494 e. The molecule has 0 amide bonds. The van der Waals surface area contributed by atoms with Gasteiger partial charge in [0.05, 0.1) is 6.61 Å². The number of rotatable bonds is 7. The third-order valence-corrected chi connectivity index (χ3v) is 4.84. The predicted octanol–water partition coefficient (Wildman–Crippen LogP) is 3.27. The fourth-order valence-electron chi connectivity index (χ4n) is 2.24. The Morgan fingerprint density at radius 1 is 1.35 bits per heavy atom. The number of ether oxygens (including phenoxy) is 1. The Labute approximate surface area is 159 Å². The van der Waals surface area contributed by atoms with E-state index in [4.69, 9.17) is 4.74 Å². The van der Waals surface area contributed by atoms with E-state index in [1.54, 1.807) is 19.2 Å². The maximum atomic E-state index is 12.8. The monoisotopic (exact) mass is 453 g/mol. The number of aliphatic imine (C=N–C) groups is 1. The van der Waals surface area contributed by atoms with Gasteiger partial charge in [0.2, 0.25) is 0 Å². The number of hydrogen-bond donors (Lipinski definition) is 2. The van der Waals surface area contributed by atoms with Gasteiger partial charge in [-0.2, -0.15) is 11.8 Å². The summed E-state index contributed by atoms with van der Waals surface area (Å²) in [5.41, 5.74) is 0. The number of halogens is 2. The number of thioether (sulfide) groups is 1. The van der Waals surface area contributed by atoms with Gasteiger partial charge in [0, 0.05) is 25.4 Å². The topological polar surface area (TPSA) is 45.7 Å². The van der Waals surface area contributed by atoms with Crippen LogP contribution < -0.4 is 15.4 Å². The summed E-state index contributed by atoms with van der Waals surface area (Å²) in [5.74, 6) is 2.57. The summed E-state index contributed by atoms with van der Waals surface area (Å²) in [7, 11) is 1.78. The van der Waals surface area contributed by atoms with Crippen molar-refractivity contribution in [2.24, 2.45) is 4.99 Å². The largest absolute Gasteiger partial charge is 0.494 e. The zero-order valence-corrected chi connectivity index (χ0v) is 16.5. The molecule has 4 nitrogen and oxygen atoms in total. The van der Waals surface area contributed by atoms with Crippen LogP contribution in [0.15, 0.2) is 29.3 Å². The van der Waals surface area contributed by atoms with Gasteiger partial charge in [-0.25, -0.2) is 4.39 Å². The molecule has 0 aromatic heterocycles. The average molecular weight is 453 g/mol. The van der Waals surface area contributed by atoms with Crippen LogP contribution >= 0.6 is 35.7 Å². The lowest BCUT2D eigenvalue weighted by atomic mass is 10.2. The summed E-state index contributed by atoms with van der Waals surface area (Å²) < 4.78 is 18.3. The zero-order valence-electron chi connectivity index (χ0n) is 13.4. The highest BCUT2D eigenvalue weighted by Gasteiger charge is 2.15. The Hall–Kier alpha value is -0.700. The number of guanidine groups is 1. The van der Waals surface area contributed by atoms with Crippen LogP contribution in [0, 0.1) is 5.82 Å². The Balaban J connectivity index is 0.00000264. The van der Waals surface area contributed by atoms with Crippen LogP contribution in [0.25, 0.3) is 0 Å².